The van der Waals surface area contributed by atoms with Gasteiger partial charge in [0.2, 0.25) is 5.88 Å². The molecule has 1 aliphatic carbocycles. The average Bonchev–Trinajstić information content (AvgIpc) is 3.35. The number of aromatic nitrogens is 3. The van der Waals surface area contributed by atoms with E-state index in [9.17, 15) is 0 Å². The van der Waals surface area contributed by atoms with Crippen LogP contribution in [0.5, 0.6) is 5.88 Å². The largest absolute Gasteiger partial charge is 0.477 e. The van der Waals surface area contributed by atoms with Gasteiger partial charge in [0.1, 0.15) is 11.6 Å². The Morgan fingerprint density at radius 3 is 2.91 bits per heavy atom. The number of hydrogen-bond donors (Lipinski definition) is 1. The Hall–Kier alpha value is -2.17. The van der Waals surface area contributed by atoms with E-state index < -0.39 is 0 Å². The lowest BCUT2D eigenvalue weighted by Gasteiger charge is -2.09. The molecule has 0 spiro atoms. The minimum atomic E-state index is 0.696. The Balaban J connectivity index is 1.60. The summed E-state index contributed by atoms with van der Waals surface area (Å²) in [7, 11) is 0. The summed E-state index contributed by atoms with van der Waals surface area (Å²) in [6, 6.07) is 5.98. The van der Waals surface area contributed by atoms with Gasteiger partial charge in [0.15, 0.2) is 0 Å². The third kappa shape index (κ3) is 4.16. The van der Waals surface area contributed by atoms with Crippen LogP contribution in [0.3, 0.4) is 0 Å². The third-order valence-corrected chi connectivity index (χ3v) is 3.69. The van der Waals surface area contributed by atoms with Crippen LogP contribution >= 0.6 is 0 Å². The minimum absolute atomic E-state index is 0.696. The molecule has 1 aliphatic rings. The lowest BCUT2D eigenvalue weighted by Crippen LogP contribution is -2.06. The molecule has 2 aromatic rings. The first-order valence-electron chi connectivity index (χ1n) is 7.89. The molecule has 0 saturated heterocycles. The van der Waals surface area contributed by atoms with E-state index in [-0.39, 0.29) is 0 Å². The highest BCUT2D eigenvalue weighted by atomic mass is 16.5. The molecule has 1 saturated carbocycles. The summed E-state index contributed by atoms with van der Waals surface area (Å²) in [5.74, 6) is 3.10. The van der Waals surface area contributed by atoms with Crippen molar-refractivity contribution >= 4 is 5.82 Å². The SMILES string of the molecule is CCc1cc(NCc2ccnc(OCC3CC3)c2)nc(C)n1. The Bertz CT molecular complexity index is 640. The van der Waals surface area contributed by atoms with Crippen molar-refractivity contribution in [2.24, 2.45) is 5.92 Å². The first-order chi connectivity index (χ1) is 10.7. The van der Waals surface area contributed by atoms with Gasteiger partial charge in [-0.15, -0.1) is 0 Å². The molecule has 2 heterocycles. The maximum absolute atomic E-state index is 5.71. The van der Waals surface area contributed by atoms with Crippen LogP contribution in [0.1, 0.15) is 36.8 Å². The van der Waals surface area contributed by atoms with Crippen molar-refractivity contribution in [2.45, 2.75) is 39.7 Å². The first-order valence-corrected chi connectivity index (χ1v) is 7.89. The number of nitrogens with one attached hydrogen (secondary N) is 1. The summed E-state index contributed by atoms with van der Waals surface area (Å²) in [6.45, 7) is 5.50. The summed E-state index contributed by atoms with van der Waals surface area (Å²) in [5, 5.41) is 3.35. The summed E-state index contributed by atoms with van der Waals surface area (Å²) in [4.78, 5) is 13.1. The second-order valence-electron chi connectivity index (χ2n) is 5.76. The molecule has 0 radical (unpaired) electrons. The van der Waals surface area contributed by atoms with Crippen molar-refractivity contribution in [3.63, 3.8) is 0 Å². The molecule has 0 bridgehead atoms. The van der Waals surface area contributed by atoms with Crippen molar-refractivity contribution in [1.82, 2.24) is 15.0 Å². The second-order valence-corrected chi connectivity index (χ2v) is 5.76. The van der Waals surface area contributed by atoms with E-state index in [1.807, 2.05) is 25.1 Å². The van der Waals surface area contributed by atoms with E-state index >= 15 is 0 Å². The zero-order valence-corrected chi connectivity index (χ0v) is 13.2. The molecular weight excluding hydrogens is 276 g/mol. The fourth-order valence-corrected chi connectivity index (χ4v) is 2.22. The highest BCUT2D eigenvalue weighted by Gasteiger charge is 2.22. The molecular formula is C17H22N4O. The van der Waals surface area contributed by atoms with Crippen molar-refractivity contribution in [2.75, 3.05) is 11.9 Å². The van der Waals surface area contributed by atoms with Gasteiger partial charge in [0.05, 0.1) is 6.61 Å². The maximum atomic E-state index is 5.71. The van der Waals surface area contributed by atoms with Crippen LogP contribution in [-0.2, 0) is 13.0 Å². The van der Waals surface area contributed by atoms with Crippen LogP contribution in [0.2, 0.25) is 0 Å². The number of anilines is 1. The average molecular weight is 298 g/mol. The van der Waals surface area contributed by atoms with E-state index in [2.05, 4.69) is 27.2 Å². The molecule has 0 aromatic carbocycles. The summed E-state index contributed by atoms with van der Waals surface area (Å²) < 4.78 is 5.71. The van der Waals surface area contributed by atoms with Crippen LogP contribution in [0.15, 0.2) is 24.4 Å². The summed E-state index contributed by atoms with van der Waals surface area (Å²) in [6.07, 6.45) is 5.27. The van der Waals surface area contributed by atoms with E-state index in [4.69, 9.17) is 4.74 Å². The molecule has 22 heavy (non-hydrogen) atoms. The normalized spacial score (nSPS) is 13.9. The summed E-state index contributed by atoms with van der Waals surface area (Å²) >= 11 is 0. The van der Waals surface area contributed by atoms with E-state index in [0.29, 0.717) is 12.4 Å². The van der Waals surface area contributed by atoms with Gasteiger partial charge in [-0.25, -0.2) is 15.0 Å². The number of pyridine rings is 1. The highest BCUT2D eigenvalue weighted by Crippen LogP contribution is 2.29. The molecule has 0 atom stereocenters. The van der Waals surface area contributed by atoms with Gasteiger partial charge in [0.25, 0.3) is 0 Å². The molecule has 116 valence electrons. The van der Waals surface area contributed by atoms with E-state index in [0.717, 1.165) is 41.8 Å². The molecule has 5 nitrogen and oxygen atoms in total. The molecule has 0 amide bonds. The Morgan fingerprint density at radius 1 is 1.27 bits per heavy atom. The Kier molecular flexibility index (Phi) is 4.51. The fraction of sp³-hybridized carbons (Fsp3) is 0.471. The monoisotopic (exact) mass is 298 g/mol. The van der Waals surface area contributed by atoms with Crippen LogP contribution in [0.25, 0.3) is 0 Å². The number of aryl methyl sites for hydroxylation is 2. The van der Waals surface area contributed by atoms with Gasteiger partial charge in [-0.1, -0.05) is 6.92 Å². The fourth-order valence-electron chi connectivity index (χ4n) is 2.22. The van der Waals surface area contributed by atoms with Crippen molar-refractivity contribution in [1.29, 1.82) is 0 Å². The smallest absolute Gasteiger partial charge is 0.213 e. The maximum Gasteiger partial charge on any atom is 0.213 e. The van der Waals surface area contributed by atoms with Crippen LogP contribution < -0.4 is 10.1 Å². The van der Waals surface area contributed by atoms with E-state index in [1.165, 1.54) is 12.8 Å². The van der Waals surface area contributed by atoms with Gasteiger partial charge in [-0.2, -0.15) is 0 Å². The second kappa shape index (κ2) is 6.73. The van der Waals surface area contributed by atoms with Gasteiger partial charge in [-0.3, -0.25) is 0 Å². The standard InChI is InChI=1S/C17H22N4O/c1-3-15-9-16(21-12(2)20-15)19-10-14-6-7-18-17(8-14)22-11-13-4-5-13/h6-9,13H,3-5,10-11H2,1-2H3,(H,19,20,21). The number of hydrogen-bond acceptors (Lipinski definition) is 5. The quantitative estimate of drug-likeness (QED) is 0.851. The lowest BCUT2D eigenvalue weighted by atomic mass is 10.2. The molecule has 1 N–H and O–H groups in total. The van der Waals surface area contributed by atoms with Crippen molar-refractivity contribution < 1.29 is 4.74 Å². The molecule has 1 fully saturated rings. The van der Waals surface area contributed by atoms with Crippen LogP contribution in [0.4, 0.5) is 5.82 Å². The molecule has 0 aliphatic heterocycles. The number of rotatable bonds is 7. The Labute approximate surface area is 131 Å². The van der Waals surface area contributed by atoms with Crippen LogP contribution in [-0.4, -0.2) is 21.6 Å². The third-order valence-electron chi connectivity index (χ3n) is 3.69. The van der Waals surface area contributed by atoms with Crippen LogP contribution in [0, 0.1) is 12.8 Å². The van der Waals surface area contributed by atoms with E-state index in [1.54, 1.807) is 6.20 Å². The zero-order valence-electron chi connectivity index (χ0n) is 13.2. The number of nitrogens with zero attached hydrogens (tertiary/aromatic N) is 3. The van der Waals surface area contributed by atoms with Gasteiger partial charge in [-0.05, 0) is 43.7 Å². The zero-order chi connectivity index (χ0) is 15.4. The lowest BCUT2D eigenvalue weighted by molar-refractivity contribution is 0.288. The molecule has 3 rings (SSSR count). The van der Waals surface area contributed by atoms with Gasteiger partial charge < -0.3 is 10.1 Å². The predicted molar refractivity (Wildman–Crippen MR) is 85.9 cm³/mol. The Morgan fingerprint density at radius 2 is 2.14 bits per heavy atom. The first kappa shape index (κ1) is 14.8. The van der Waals surface area contributed by atoms with Gasteiger partial charge in [0, 0.05) is 30.6 Å². The van der Waals surface area contributed by atoms with Gasteiger partial charge >= 0.3 is 0 Å². The minimum Gasteiger partial charge on any atom is -0.477 e. The van der Waals surface area contributed by atoms with Crippen molar-refractivity contribution in [3.8, 4) is 5.88 Å². The highest BCUT2D eigenvalue weighted by molar-refractivity contribution is 5.37. The topological polar surface area (TPSA) is 59.9 Å². The molecule has 2 aromatic heterocycles. The molecule has 5 heteroatoms. The van der Waals surface area contributed by atoms with Crippen molar-refractivity contribution in [3.05, 3.63) is 41.5 Å². The number of ether oxygens (including phenoxy) is 1. The summed E-state index contributed by atoms with van der Waals surface area (Å²) in [5.41, 5.74) is 2.19. The predicted octanol–water partition coefficient (Wildman–Crippen LogP) is 3.14. The molecule has 0 unspecified atom stereocenters.